The number of halogens is 3. The number of hydrogen-bond donors (Lipinski definition) is 1. The summed E-state index contributed by atoms with van der Waals surface area (Å²) in [5, 5.41) is 4.19. The molecule has 1 aromatic rings. The Labute approximate surface area is 130 Å². The molecule has 5 nitrogen and oxygen atoms in total. The monoisotopic (exact) mass is 339 g/mol. The van der Waals surface area contributed by atoms with Crippen molar-refractivity contribution in [3.8, 4) is 5.75 Å². The Morgan fingerprint density at radius 1 is 1.40 bits per heavy atom. The maximum Gasteiger partial charge on any atom is 0.348 e. The van der Waals surface area contributed by atoms with Crippen molar-refractivity contribution in [1.29, 1.82) is 0 Å². The van der Waals surface area contributed by atoms with Crippen LogP contribution in [-0.2, 0) is 0 Å². The lowest BCUT2D eigenvalue weighted by molar-refractivity contribution is 0.236. The van der Waals surface area contributed by atoms with Crippen LogP contribution in [0.1, 0.15) is 6.92 Å². The molecule has 1 unspecified atom stereocenters. The van der Waals surface area contributed by atoms with Gasteiger partial charge in [0.15, 0.2) is 0 Å². The first-order valence-electron chi connectivity index (χ1n) is 5.61. The van der Waals surface area contributed by atoms with E-state index in [9.17, 15) is 9.18 Å². The van der Waals surface area contributed by atoms with Crippen molar-refractivity contribution in [2.24, 2.45) is 0 Å². The molecule has 1 fully saturated rings. The van der Waals surface area contributed by atoms with E-state index in [4.69, 9.17) is 27.9 Å². The zero-order valence-corrected chi connectivity index (χ0v) is 13.0. The summed E-state index contributed by atoms with van der Waals surface area (Å²) in [5.41, 5.74) is 0.668. The molecule has 0 aliphatic carbocycles. The van der Waals surface area contributed by atoms with Gasteiger partial charge in [0, 0.05) is 0 Å². The van der Waals surface area contributed by atoms with Crippen molar-refractivity contribution in [2.75, 3.05) is 12.1 Å². The number of amides is 2. The van der Waals surface area contributed by atoms with Gasteiger partial charge in [-0.05, 0) is 31.2 Å². The Hall–Kier alpha value is -1.05. The molecule has 1 aliphatic rings. The average Bonchev–Trinajstić information content (AvgIpc) is 2.62. The zero-order chi connectivity index (χ0) is 14.9. The quantitative estimate of drug-likeness (QED) is 0.673. The van der Waals surface area contributed by atoms with Crippen LogP contribution >= 0.6 is 35.1 Å². The molecule has 20 heavy (non-hydrogen) atoms. The number of benzene rings is 1. The summed E-state index contributed by atoms with van der Waals surface area (Å²) in [6, 6.07) is 6.45. The second kappa shape index (κ2) is 5.75. The van der Waals surface area contributed by atoms with Crippen LogP contribution in [0.4, 0.5) is 14.9 Å². The Bertz CT molecular complexity index is 497. The fourth-order valence-corrected chi connectivity index (χ4v) is 2.84. The summed E-state index contributed by atoms with van der Waals surface area (Å²) in [6.07, 6.45) is -0.362. The van der Waals surface area contributed by atoms with E-state index in [1.54, 1.807) is 43.3 Å². The number of hydrazine groups is 1. The van der Waals surface area contributed by atoms with Crippen LogP contribution in [-0.4, -0.2) is 27.6 Å². The lowest BCUT2D eigenvalue weighted by Gasteiger charge is -2.30. The standard InChI is InChI=1S/C11H12Cl2FN3O2S/c1-7-15-10(18)17(20-11(12,13)14)16(7)8-3-5-9(19-2)6-4-8/h3-7H,1-2H3,(H,15,18). The number of nitrogens with one attached hydrogen (secondary N) is 1. The van der Waals surface area contributed by atoms with E-state index in [-0.39, 0.29) is 6.17 Å². The second-order valence-corrected chi connectivity index (χ2v) is 6.75. The van der Waals surface area contributed by atoms with E-state index in [0.717, 1.165) is 4.41 Å². The fourth-order valence-electron chi connectivity index (χ4n) is 1.80. The Morgan fingerprint density at radius 2 is 2.00 bits per heavy atom. The van der Waals surface area contributed by atoms with Crippen LogP contribution < -0.4 is 15.1 Å². The summed E-state index contributed by atoms with van der Waals surface area (Å²) >= 11 is 11.0. The van der Waals surface area contributed by atoms with Crippen molar-refractivity contribution in [2.45, 2.75) is 17.0 Å². The number of ether oxygens (including phenoxy) is 1. The molecular weight excluding hydrogens is 328 g/mol. The maximum atomic E-state index is 13.4. The summed E-state index contributed by atoms with van der Waals surface area (Å²) < 4.78 is 16.9. The molecule has 1 heterocycles. The van der Waals surface area contributed by atoms with Crippen molar-refractivity contribution in [3.05, 3.63) is 24.3 Å². The average molecular weight is 340 g/mol. The van der Waals surface area contributed by atoms with Crippen molar-refractivity contribution >= 4 is 46.9 Å². The predicted molar refractivity (Wildman–Crippen MR) is 78.4 cm³/mol. The summed E-state index contributed by atoms with van der Waals surface area (Å²) in [5.74, 6) is 0.675. The highest BCUT2D eigenvalue weighted by Gasteiger charge is 2.41. The number of nitrogens with zero attached hydrogens (tertiary/aromatic N) is 2. The van der Waals surface area contributed by atoms with Gasteiger partial charge in [0.05, 0.1) is 24.7 Å². The van der Waals surface area contributed by atoms with Crippen LogP contribution in [0.25, 0.3) is 0 Å². The number of methoxy groups -OCH3 is 1. The van der Waals surface area contributed by atoms with E-state index in [0.29, 0.717) is 23.4 Å². The van der Waals surface area contributed by atoms with E-state index < -0.39 is 9.95 Å². The second-order valence-electron chi connectivity index (χ2n) is 3.98. The fraction of sp³-hybridized carbons (Fsp3) is 0.364. The van der Waals surface area contributed by atoms with Gasteiger partial charge in [-0.25, -0.2) is 9.80 Å². The molecule has 1 aromatic carbocycles. The van der Waals surface area contributed by atoms with E-state index >= 15 is 0 Å². The van der Waals surface area contributed by atoms with Gasteiger partial charge in [-0.3, -0.25) is 0 Å². The molecule has 2 rings (SSSR count). The highest BCUT2D eigenvalue weighted by Crippen LogP contribution is 2.42. The molecule has 0 spiro atoms. The summed E-state index contributed by atoms with van der Waals surface area (Å²) in [4.78, 5) is 11.8. The van der Waals surface area contributed by atoms with Crippen LogP contribution in [0, 0.1) is 0 Å². The molecule has 1 aliphatic heterocycles. The first kappa shape index (κ1) is 15.3. The summed E-state index contributed by atoms with van der Waals surface area (Å²) in [6.45, 7) is 1.76. The smallest absolute Gasteiger partial charge is 0.348 e. The molecular formula is C11H12Cl2FN3O2S. The van der Waals surface area contributed by atoms with Crippen LogP contribution in [0.3, 0.4) is 0 Å². The number of rotatable bonds is 4. The van der Waals surface area contributed by atoms with Crippen LogP contribution in [0.2, 0.25) is 0 Å². The van der Waals surface area contributed by atoms with Crippen LogP contribution in [0.5, 0.6) is 5.75 Å². The number of urea groups is 1. The third kappa shape index (κ3) is 3.34. The van der Waals surface area contributed by atoms with Crippen molar-refractivity contribution in [3.63, 3.8) is 0 Å². The van der Waals surface area contributed by atoms with Gasteiger partial charge in [0.1, 0.15) is 11.9 Å². The largest absolute Gasteiger partial charge is 0.497 e. The highest BCUT2D eigenvalue weighted by molar-refractivity contribution is 8.01. The van der Waals surface area contributed by atoms with Gasteiger partial charge >= 0.3 is 9.95 Å². The molecule has 2 amide bonds. The minimum Gasteiger partial charge on any atom is -0.497 e. The molecule has 1 atom stereocenters. The molecule has 1 saturated heterocycles. The number of carbonyl (C=O) groups is 1. The van der Waals surface area contributed by atoms with Crippen molar-refractivity contribution in [1.82, 2.24) is 9.73 Å². The first-order chi connectivity index (χ1) is 9.31. The number of alkyl halides is 3. The molecule has 0 bridgehead atoms. The Balaban J connectivity index is 2.27. The first-order valence-corrected chi connectivity index (χ1v) is 7.14. The third-order valence-corrected chi connectivity index (χ3v) is 3.73. The molecule has 110 valence electrons. The third-order valence-electron chi connectivity index (χ3n) is 2.60. The molecule has 9 heteroatoms. The zero-order valence-electron chi connectivity index (χ0n) is 10.6. The Morgan fingerprint density at radius 3 is 2.50 bits per heavy atom. The lowest BCUT2D eigenvalue weighted by atomic mass is 10.3. The van der Waals surface area contributed by atoms with Gasteiger partial charge in [0.25, 0.3) is 0 Å². The van der Waals surface area contributed by atoms with Gasteiger partial charge in [0.2, 0.25) is 0 Å². The lowest BCUT2D eigenvalue weighted by Crippen LogP contribution is -2.39. The molecule has 1 N–H and O–H groups in total. The van der Waals surface area contributed by atoms with Crippen molar-refractivity contribution < 1.29 is 13.9 Å². The summed E-state index contributed by atoms with van der Waals surface area (Å²) in [7, 11) is 1.55. The topological polar surface area (TPSA) is 44.8 Å². The Kier molecular flexibility index (Phi) is 4.41. The van der Waals surface area contributed by atoms with Crippen LogP contribution in [0.15, 0.2) is 24.3 Å². The van der Waals surface area contributed by atoms with Gasteiger partial charge in [-0.1, -0.05) is 23.2 Å². The van der Waals surface area contributed by atoms with E-state index in [1.807, 2.05) is 0 Å². The van der Waals surface area contributed by atoms with Gasteiger partial charge < -0.3 is 10.1 Å². The molecule has 0 aromatic heterocycles. The molecule has 0 radical (unpaired) electrons. The minimum atomic E-state index is -2.61. The number of hydrogen-bond acceptors (Lipinski definition) is 4. The van der Waals surface area contributed by atoms with E-state index in [2.05, 4.69) is 5.32 Å². The molecule has 0 saturated carbocycles. The maximum absolute atomic E-state index is 13.4. The van der Waals surface area contributed by atoms with Gasteiger partial charge in [-0.2, -0.15) is 8.80 Å². The van der Waals surface area contributed by atoms with Gasteiger partial charge in [-0.15, -0.1) is 0 Å². The normalized spacial score (nSPS) is 19.2. The minimum absolute atomic E-state index is 0.362. The SMILES string of the molecule is COc1ccc(N2C(C)NC(=O)N2SC(F)(Cl)Cl)cc1. The number of carbonyl (C=O) groups excluding carboxylic acids is 1. The van der Waals surface area contributed by atoms with E-state index in [1.165, 1.54) is 0 Å². The predicted octanol–water partition coefficient (Wildman–Crippen LogP) is 3.49. The highest BCUT2D eigenvalue weighted by atomic mass is 35.5. The number of anilines is 1.